The Labute approximate surface area is 130 Å². The maximum absolute atomic E-state index is 9.67. The number of rotatable bonds is 2. The molecule has 110 valence electrons. The number of phenols is 1. The van der Waals surface area contributed by atoms with Crippen LogP contribution in [-0.4, -0.2) is 20.9 Å². The molecule has 1 atom stereocenters. The zero-order valence-electron chi connectivity index (χ0n) is 11.2. The van der Waals surface area contributed by atoms with Crippen LogP contribution in [0.25, 0.3) is 11.3 Å². The number of aromatic nitrogens is 2. The van der Waals surface area contributed by atoms with Crippen molar-refractivity contribution in [3.63, 3.8) is 0 Å². The van der Waals surface area contributed by atoms with Crippen molar-refractivity contribution < 1.29 is 5.11 Å². The van der Waals surface area contributed by atoms with Crippen LogP contribution in [0.2, 0.25) is 0 Å². The number of fused-ring (bicyclic) bond motifs is 3. The summed E-state index contributed by atoms with van der Waals surface area (Å²) in [5.41, 5.74) is 10.6. The maximum atomic E-state index is 9.67. The van der Waals surface area contributed by atoms with Crippen LogP contribution in [0, 0.1) is 0 Å². The average molecular weight is 316 g/mol. The van der Waals surface area contributed by atoms with Crippen LogP contribution in [0.3, 0.4) is 0 Å². The van der Waals surface area contributed by atoms with Crippen molar-refractivity contribution in [1.82, 2.24) is 9.78 Å². The zero-order chi connectivity index (χ0) is 12.7. The molecule has 4 nitrogen and oxygen atoms in total. The molecular formula is C14H19Cl2N3O. The number of nitrogens with two attached hydrogens (primary N) is 1. The minimum atomic E-state index is 0. The van der Waals surface area contributed by atoms with Gasteiger partial charge in [0.25, 0.3) is 0 Å². The highest BCUT2D eigenvalue weighted by Crippen LogP contribution is 2.35. The topological polar surface area (TPSA) is 64.1 Å². The number of nitrogens with zero attached hydrogens (tertiary/aromatic N) is 2. The van der Waals surface area contributed by atoms with Gasteiger partial charge in [-0.05, 0) is 43.0 Å². The van der Waals surface area contributed by atoms with Crippen molar-refractivity contribution in [1.29, 1.82) is 0 Å². The summed E-state index contributed by atoms with van der Waals surface area (Å²) in [7, 11) is 0. The van der Waals surface area contributed by atoms with Gasteiger partial charge in [-0.3, -0.25) is 4.68 Å². The molecular weight excluding hydrogens is 297 g/mol. The van der Waals surface area contributed by atoms with Crippen molar-refractivity contribution >= 4 is 24.8 Å². The van der Waals surface area contributed by atoms with E-state index in [9.17, 15) is 5.11 Å². The van der Waals surface area contributed by atoms with Gasteiger partial charge in [-0.2, -0.15) is 5.10 Å². The highest BCUT2D eigenvalue weighted by atomic mass is 35.5. The predicted molar refractivity (Wildman–Crippen MR) is 84.9 cm³/mol. The van der Waals surface area contributed by atoms with E-state index >= 15 is 0 Å². The van der Waals surface area contributed by atoms with E-state index in [1.54, 1.807) is 6.07 Å². The molecule has 0 amide bonds. The van der Waals surface area contributed by atoms with Crippen LogP contribution in [0.15, 0.2) is 24.4 Å². The second-order valence-electron chi connectivity index (χ2n) is 5.02. The zero-order valence-corrected chi connectivity index (χ0v) is 12.9. The molecule has 2 aromatic rings. The Morgan fingerprint density at radius 3 is 2.70 bits per heavy atom. The Morgan fingerprint density at radius 2 is 2.00 bits per heavy atom. The van der Waals surface area contributed by atoms with Crippen molar-refractivity contribution in [3.8, 4) is 17.0 Å². The summed E-state index contributed by atoms with van der Waals surface area (Å²) >= 11 is 0. The third-order valence-corrected chi connectivity index (χ3v) is 3.39. The van der Waals surface area contributed by atoms with E-state index in [1.165, 1.54) is 11.1 Å². The molecule has 0 fully saturated rings. The first-order valence-corrected chi connectivity index (χ1v) is 6.27. The molecule has 6 heteroatoms. The number of hydrogen-bond acceptors (Lipinski definition) is 3. The van der Waals surface area contributed by atoms with Crippen LogP contribution in [-0.2, 0) is 19.4 Å². The van der Waals surface area contributed by atoms with Gasteiger partial charge in [0.2, 0.25) is 0 Å². The molecule has 1 unspecified atom stereocenters. The predicted octanol–water partition coefficient (Wildman–Crippen LogP) is 2.55. The Hall–Kier alpha value is -1.23. The van der Waals surface area contributed by atoms with Crippen LogP contribution >= 0.6 is 24.8 Å². The third-order valence-electron chi connectivity index (χ3n) is 3.39. The van der Waals surface area contributed by atoms with Gasteiger partial charge >= 0.3 is 0 Å². The van der Waals surface area contributed by atoms with Crippen LogP contribution in [0.1, 0.15) is 18.1 Å². The van der Waals surface area contributed by atoms with Crippen LogP contribution in [0.5, 0.6) is 5.75 Å². The van der Waals surface area contributed by atoms with Crippen LogP contribution < -0.4 is 5.73 Å². The summed E-state index contributed by atoms with van der Waals surface area (Å²) in [5.74, 6) is 0.301. The number of aryl methyl sites for hydroxylation is 2. The molecule has 0 spiro atoms. The van der Waals surface area contributed by atoms with Gasteiger partial charge in [0, 0.05) is 11.6 Å². The number of hydrogen-bond donors (Lipinski definition) is 2. The molecule has 20 heavy (non-hydrogen) atoms. The summed E-state index contributed by atoms with van der Waals surface area (Å²) in [6.07, 6.45) is 3.93. The molecule has 1 aromatic heterocycles. The second kappa shape index (κ2) is 6.48. The Balaban J connectivity index is 0.000001000. The van der Waals surface area contributed by atoms with E-state index in [0.717, 1.165) is 24.1 Å². The van der Waals surface area contributed by atoms with E-state index in [2.05, 4.69) is 5.10 Å². The van der Waals surface area contributed by atoms with E-state index < -0.39 is 0 Å². The molecule has 0 saturated heterocycles. The highest BCUT2D eigenvalue weighted by Gasteiger charge is 2.21. The Morgan fingerprint density at radius 1 is 1.30 bits per heavy atom. The lowest BCUT2D eigenvalue weighted by Crippen LogP contribution is -2.23. The lowest BCUT2D eigenvalue weighted by molar-refractivity contribution is 0.475. The Bertz CT molecular complexity index is 596. The monoisotopic (exact) mass is 315 g/mol. The number of halogens is 2. The number of phenolic OH excluding ortho intramolecular Hbond substituents is 1. The quantitative estimate of drug-likeness (QED) is 0.895. The molecule has 0 saturated carbocycles. The average Bonchev–Trinajstić information content (AvgIpc) is 2.72. The summed E-state index contributed by atoms with van der Waals surface area (Å²) in [4.78, 5) is 0. The molecule has 0 radical (unpaired) electrons. The third kappa shape index (κ3) is 2.92. The fourth-order valence-electron chi connectivity index (χ4n) is 2.60. The smallest absolute Gasteiger partial charge is 0.116 e. The van der Waals surface area contributed by atoms with E-state index in [0.29, 0.717) is 12.3 Å². The summed E-state index contributed by atoms with van der Waals surface area (Å²) in [5, 5.41) is 14.1. The van der Waals surface area contributed by atoms with Gasteiger partial charge in [0.15, 0.2) is 0 Å². The second-order valence-corrected chi connectivity index (χ2v) is 5.02. The van der Waals surface area contributed by atoms with Gasteiger partial charge < -0.3 is 10.8 Å². The summed E-state index contributed by atoms with van der Waals surface area (Å²) in [6, 6.07) is 5.64. The normalized spacial score (nSPS) is 13.5. The first kappa shape index (κ1) is 16.8. The maximum Gasteiger partial charge on any atom is 0.116 e. The molecule has 1 heterocycles. The van der Waals surface area contributed by atoms with E-state index in [1.807, 2.05) is 29.9 Å². The minimum Gasteiger partial charge on any atom is -0.508 e. The SMILES string of the molecule is CC(N)Cn1ncc2c1-c1cc(O)ccc1CC2.Cl.Cl. The molecule has 0 bridgehead atoms. The standard InChI is InChI=1S/C14H17N3O.2ClH/c1-9(15)8-17-14-11(7-16-17)3-2-10-4-5-12(18)6-13(10)14;;/h4-7,9,18H,2-3,8,15H2,1H3;2*1H. The van der Waals surface area contributed by atoms with Crippen molar-refractivity contribution in [2.75, 3.05) is 0 Å². The molecule has 1 aliphatic rings. The molecule has 1 aliphatic carbocycles. The van der Waals surface area contributed by atoms with Crippen molar-refractivity contribution in [3.05, 3.63) is 35.5 Å². The van der Waals surface area contributed by atoms with E-state index in [-0.39, 0.29) is 30.9 Å². The molecule has 0 aliphatic heterocycles. The Kier molecular flexibility index (Phi) is 5.45. The van der Waals surface area contributed by atoms with Crippen molar-refractivity contribution in [2.45, 2.75) is 32.4 Å². The fourth-order valence-corrected chi connectivity index (χ4v) is 2.60. The lowest BCUT2D eigenvalue weighted by atomic mass is 9.90. The molecule has 1 aromatic carbocycles. The van der Waals surface area contributed by atoms with Gasteiger partial charge in [-0.15, -0.1) is 24.8 Å². The fraction of sp³-hybridized carbons (Fsp3) is 0.357. The van der Waals surface area contributed by atoms with Crippen molar-refractivity contribution in [2.24, 2.45) is 5.73 Å². The van der Waals surface area contributed by atoms with Gasteiger partial charge in [0.1, 0.15) is 5.75 Å². The van der Waals surface area contributed by atoms with Crippen LogP contribution in [0.4, 0.5) is 0 Å². The molecule has 3 N–H and O–H groups in total. The first-order chi connectivity index (χ1) is 8.65. The lowest BCUT2D eigenvalue weighted by Gasteiger charge is -2.19. The van der Waals surface area contributed by atoms with Gasteiger partial charge in [-0.25, -0.2) is 0 Å². The number of aromatic hydroxyl groups is 1. The van der Waals surface area contributed by atoms with Gasteiger partial charge in [0.05, 0.1) is 18.4 Å². The summed E-state index contributed by atoms with van der Waals surface area (Å²) < 4.78 is 1.96. The molecule has 3 rings (SSSR count). The number of benzene rings is 1. The first-order valence-electron chi connectivity index (χ1n) is 6.27. The minimum absolute atomic E-state index is 0. The van der Waals surface area contributed by atoms with Gasteiger partial charge in [-0.1, -0.05) is 6.07 Å². The highest BCUT2D eigenvalue weighted by molar-refractivity contribution is 5.85. The largest absolute Gasteiger partial charge is 0.508 e. The van der Waals surface area contributed by atoms with E-state index in [4.69, 9.17) is 5.73 Å². The summed E-state index contributed by atoms with van der Waals surface area (Å²) in [6.45, 7) is 2.67.